The van der Waals surface area contributed by atoms with Gasteiger partial charge in [0, 0.05) is 31.7 Å². The fraction of sp³-hybridized carbons (Fsp3) is 0.630. The average Bonchev–Trinajstić information content (AvgIpc) is 3.23. The van der Waals surface area contributed by atoms with Crippen LogP contribution in [0.25, 0.3) is 5.65 Å². The highest BCUT2D eigenvalue weighted by molar-refractivity contribution is 5.61. The molecule has 4 heterocycles. The summed E-state index contributed by atoms with van der Waals surface area (Å²) >= 11 is 0. The van der Waals surface area contributed by atoms with Crippen molar-refractivity contribution >= 4 is 23.2 Å². The molecule has 3 N–H and O–H groups in total. The molecule has 1 aliphatic rings. The van der Waals surface area contributed by atoms with Crippen molar-refractivity contribution in [3.63, 3.8) is 0 Å². The van der Waals surface area contributed by atoms with Crippen LogP contribution < -0.4 is 16.0 Å². The molecule has 0 saturated carbocycles. The van der Waals surface area contributed by atoms with Crippen LogP contribution in [0.2, 0.25) is 0 Å². The number of aromatic nitrogens is 5. The highest BCUT2D eigenvalue weighted by Gasteiger charge is 2.21. The number of nitrogens with two attached hydrogens (primary N) is 1. The van der Waals surface area contributed by atoms with Crippen LogP contribution in [0.5, 0.6) is 0 Å². The van der Waals surface area contributed by atoms with E-state index in [1.54, 1.807) is 0 Å². The molecule has 8 nitrogen and oxygen atoms in total. The molecule has 1 aliphatic heterocycles. The molecular formula is C27H42N8. The molecule has 0 amide bonds. The van der Waals surface area contributed by atoms with Crippen molar-refractivity contribution < 1.29 is 0 Å². The van der Waals surface area contributed by atoms with E-state index in [-0.39, 0.29) is 0 Å². The third kappa shape index (κ3) is 6.03. The second kappa shape index (κ2) is 11.7. The highest BCUT2D eigenvalue weighted by Crippen LogP contribution is 2.27. The van der Waals surface area contributed by atoms with Gasteiger partial charge in [0.2, 0.25) is 5.95 Å². The SMILES string of the molecule is CCCC1CCN(c2ncc(Cc3cnc4c(N)nc(NC(CCC)CCC)nn34)cc2C)CC1. The van der Waals surface area contributed by atoms with Gasteiger partial charge in [-0.1, -0.05) is 52.5 Å². The first kappa shape index (κ1) is 25.2. The van der Waals surface area contributed by atoms with Crippen molar-refractivity contribution in [3.8, 4) is 0 Å². The number of aryl methyl sites for hydroxylation is 1. The van der Waals surface area contributed by atoms with E-state index in [9.17, 15) is 0 Å². The Kier molecular flexibility index (Phi) is 8.42. The van der Waals surface area contributed by atoms with Gasteiger partial charge in [-0.05, 0) is 49.7 Å². The Morgan fingerprint density at radius 3 is 2.46 bits per heavy atom. The first-order valence-electron chi connectivity index (χ1n) is 13.5. The summed E-state index contributed by atoms with van der Waals surface area (Å²) in [5, 5.41) is 8.25. The molecular weight excluding hydrogens is 436 g/mol. The Labute approximate surface area is 209 Å². The molecule has 0 aromatic carbocycles. The fourth-order valence-corrected chi connectivity index (χ4v) is 5.40. The van der Waals surface area contributed by atoms with Gasteiger partial charge < -0.3 is 16.0 Å². The molecule has 0 bridgehead atoms. The number of hydrogen-bond acceptors (Lipinski definition) is 7. The zero-order valence-electron chi connectivity index (χ0n) is 21.9. The van der Waals surface area contributed by atoms with Crippen LogP contribution in [0.3, 0.4) is 0 Å². The quantitative estimate of drug-likeness (QED) is 0.381. The van der Waals surface area contributed by atoms with E-state index in [4.69, 9.17) is 15.8 Å². The van der Waals surface area contributed by atoms with Crippen LogP contribution in [0.4, 0.5) is 17.6 Å². The molecule has 190 valence electrons. The Morgan fingerprint density at radius 2 is 1.80 bits per heavy atom. The molecule has 0 spiro atoms. The summed E-state index contributed by atoms with van der Waals surface area (Å²) in [6.45, 7) is 11.1. The number of anilines is 3. The van der Waals surface area contributed by atoms with Crippen LogP contribution in [0.1, 0.15) is 89.0 Å². The van der Waals surface area contributed by atoms with Crippen molar-refractivity contribution in [1.29, 1.82) is 0 Å². The molecule has 1 saturated heterocycles. The highest BCUT2D eigenvalue weighted by atomic mass is 15.3. The number of pyridine rings is 1. The minimum absolute atomic E-state index is 0.347. The Hall–Kier alpha value is -2.90. The van der Waals surface area contributed by atoms with Gasteiger partial charge in [0.1, 0.15) is 5.82 Å². The van der Waals surface area contributed by atoms with Crippen LogP contribution in [0.15, 0.2) is 18.5 Å². The van der Waals surface area contributed by atoms with Gasteiger partial charge in [0.25, 0.3) is 0 Å². The number of fused-ring (bicyclic) bond motifs is 1. The number of nitrogens with one attached hydrogen (secondary N) is 1. The summed E-state index contributed by atoms with van der Waals surface area (Å²) in [5.74, 6) is 2.96. The van der Waals surface area contributed by atoms with Gasteiger partial charge in [-0.2, -0.15) is 4.98 Å². The van der Waals surface area contributed by atoms with Crippen molar-refractivity contribution in [1.82, 2.24) is 24.6 Å². The van der Waals surface area contributed by atoms with Crippen molar-refractivity contribution in [2.45, 2.75) is 91.5 Å². The van der Waals surface area contributed by atoms with Gasteiger partial charge in [0.15, 0.2) is 11.5 Å². The largest absolute Gasteiger partial charge is 0.380 e. The first-order chi connectivity index (χ1) is 17.0. The molecule has 0 atom stereocenters. The minimum Gasteiger partial charge on any atom is -0.380 e. The van der Waals surface area contributed by atoms with Crippen molar-refractivity contribution in [2.24, 2.45) is 5.92 Å². The molecule has 3 aromatic heterocycles. The summed E-state index contributed by atoms with van der Waals surface area (Å²) in [6.07, 6.45) is 14.1. The van der Waals surface area contributed by atoms with Crippen LogP contribution in [0, 0.1) is 12.8 Å². The van der Waals surface area contributed by atoms with E-state index in [2.05, 4.69) is 53.9 Å². The number of rotatable bonds is 11. The van der Waals surface area contributed by atoms with Gasteiger partial charge in [-0.15, -0.1) is 5.10 Å². The lowest BCUT2D eigenvalue weighted by molar-refractivity contribution is 0.377. The van der Waals surface area contributed by atoms with E-state index < -0.39 is 0 Å². The van der Waals surface area contributed by atoms with Crippen LogP contribution >= 0.6 is 0 Å². The predicted molar refractivity (Wildman–Crippen MR) is 144 cm³/mol. The van der Waals surface area contributed by atoms with E-state index >= 15 is 0 Å². The van der Waals surface area contributed by atoms with Crippen LogP contribution in [-0.2, 0) is 6.42 Å². The summed E-state index contributed by atoms with van der Waals surface area (Å²) in [5.41, 5.74) is 10.2. The summed E-state index contributed by atoms with van der Waals surface area (Å²) in [4.78, 5) is 16.3. The number of imidazole rings is 1. The van der Waals surface area contributed by atoms with Crippen LogP contribution in [-0.4, -0.2) is 43.7 Å². The number of nitrogens with zero attached hydrogens (tertiary/aromatic N) is 6. The third-order valence-corrected chi connectivity index (χ3v) is 7.17. The molecule has 0 radical (unpaired) electrons. The Morgan fingerprint density at radius 1 is 1.06 bits per heavy atom. The zero-order chi connectivity index (χ0) is 24.8. The van der Waals surface area contributed by atoms with E-state index in [0.29, 0.717) is 29.9 Å². The number of nitrogen functional groups attached to an aromatic ring is 1. The molecule has 0 aliphatic carbocycles. The van der Waals surface area contributed by atoms with Gasteiger partial charge in [0.05, 0.1) is 11.9 Å². The van der Waals surface area contributed by atoms with E-state index in [1.165, 1.54) is 31.2 Å². The number of piperidine rings is 1. The molecule has 35 heavy (non-hydrogen) atoms. The van der Waals surface area contributed by atoms with Gasteiger partial charge in [-0.25, -0.2) is 14.5 Å². The van der Waals surface area contributed by atoms with Gasteiger partial charge in [-0.3, -0.25) is 0 Å². The van der Waals surface area contributed by atoms with Crippen molar-refractivity contribution in [3.05, 3.63) is 35.3 Å². The number of hydrogen-bond donors (Lipinski definition) is 2. The smallest absolute Gasteiger partial charge is 0.243 e. The molecule has 1 fully saturated rings. The summed E-state index contributed by atoms with van der Waals surface area (Å²) < 4.78 is 1.83. The Balaban J connectivity index is 1.50. The van der Waals surface area contributed by atoms with E-state index in [1.807, 2.05) is 16.9 Å². The van der Waals surface area contributed by atoms with Gasteiger partial charge >= 0.3 is 0 Å². The maximum absolute atomic E-state index is 6.25. The molecule has 0 unspecified atom stereocenters. The maximum atomic E-state index is 6.25. The lowest BCUT2D eigenvalue weighted by Crippen LogP contribution is -2.34. The first-order valence-corrected chi connectivity index (χ1v) is 13.5. The third-order valence-electron chi connectivity index (χ3n) is 7.17. The second-order valence-corrected chi connectivity index (χ2v) is 10.1. The minimum atomic E-state index is 0.347. The monoisotopic (exact) mass is 478 g/mol. The lowest BCUT2D eigenvalue weighted by atomic mass is 9.92. The molecule has 4 rings (SSSR count). The maximum Gasteiger partial charge on any atom is 0.243 e. The van der Waals surface area contributed by atoms with Crippen molar-refractivity contribution in [2.75, 3.05) is 29.0 Å². The fourth-order valence-electron chi connectivity index (χ4n) is 5.40. The van der Waals surface area contributed by atoms with E-state index in [0.717, 1.165) is 61.8 Å². The Bertz CT molecular complexity index is 1090. The molecule has 8 heteroatoms. The summed E-state index contributed by atoms with van der Waals surface area (Å²) in [6, 6.07) is 2.60. The lowest BCUT2D eigenvalue weighted by Gasteiger charge is -2.33. The summed E-state index contributed by atoms with van der Waals surface area (Å²) in [7, 11) is 0. The second-order valence-electron chi connectivity index (χ2n) is 10.1. The average molecular weight is 479 g/mol. The molecule has 3 aromatic rings. The standard InChI is InChI=1S/C27H42N8/c1-5-8-20-11-13-34(14-12-20)25-19(4)15-21(17-29-25)16-23-18-30-26-24(28)32-27(33-35(23)26)31-22(9-6-2)10-7-3/h15,17-18,20,22H,5-14,16H2,1-4H3,(H3,28,31,32,33). The topological polar surface area (TPSA) is 97.3 Å². The predicted octanol–water partition coefficient (Wildman–Crippen LogP) is 5.40. The normalized spacial score (nSPS) is 14.8. The zero-order valence-corrected chi connectivity index (χ0v) is 21.9.